The van der Waals surface area contributed by atoms with Gasteiger partial charge in [-0.05, 0) is 19.9 Å². The molecule has 2 nitrogen and oxygen atoms in total. The van der Waals surface area contributed by atoms with Gasteiger partial charge in [-0.2, -0.15) is 0 Å². The molecule has 0 radical (unpaired) electrons. The molecule has 3 heteroatoms. The average Bonchev–Trinajstić information content (AvgIpc) is 1.82. The van der Waals surface area contributed by atoms with Crippen LogP contribution in [0.25, 0.3) is 0 Å². The molecular weight excluding hydrogens is 164 g/mol. The van der Waals surface area contributed by atoms with Crippen LogP contribution in [0.15, 0.2) is 22.8 Å². The van der Waals surface area contributed by atoms with Crippen molar-refractivity contribution in [2.75, 3.05) is 0 Å². The van der Waals surface area contributed by atoms with Crippen LogP contribution >= 0.6 is 11.6 Å². The van der Waals surface area contributed by atoms with Crippen molar-refractivity contribution in [3.05, 3.63) is 22.8 Å². The number of carbonyl (C=O) groups is 1. The molecular formula is C8H11ClO2. The summed E-state index contributed by atoms with van der Waals surface area (Å²) in [6.45, 7) is 3.84. The summed E-state index contributed by atoms with van der Waals surface area (Å²) in [7, 11) is 0. The first-order chi connectivity index (χ1) is 5.02. The number of allylic oxidation sites excluding steroid dienone is 3. The summed E-state index contributed by atoms with van der Waals surface area (Å²) in [4.78, 5) is 10.1. The second-order valence-corrected chi connectivity index (χ2v) is 2.91. The zero-order valence-electron chi connectivity index (χ0n) is 6.60. The van der Waals surface area contributed by atoms with Crippen LogP contribution in [0.1, 0.15) is 20.3 Å². The van der Waals surface area contributed by atoms with Crippen molar-refractivity contribution in [3.63, 3.8) is 0 Å². The fourth-order valence-electron chi connectivity index (χ4n) is 0.460. The fraction of sp³-hybridized carbons (Fsp3) is 0.375. The Morgan fingerprint density at radius 1 is 1.45 bits per heavy atom. The minimum absolute atomic E-state index is 0.106. The van der Waals surface area contributed by atoms with Gasteiger partial charge in [0, 0.05) is 5.03 Å². The van der Waals surface area contributed by atoms with Gasteiger partial charge in [0.1, 0.15) is 0 Å². The van der Waals surface area contributed by atoms with Crippen molar-refractivity contribution in [2.24, 2.45) is 0 Å². The van der Waals surface area contributed by atoms with Crippen LogP contribution in [-0.4, -0.2) is 11.1 Å². The van der Waals surface area contributed by atoms with Crippen molar-refractivity contribution in [1.82, 2.24) is 0 Å². The van der Waals surface area contributed by atoms with E-state index in [2.05, 4.69) is 0 Å². The van der Waals surface area contributed by atoms with Gasteiger partial charge in [0.2, 0.25) is 0 Å². The molecule has 0 saturated carbocycles. The number of halogens is 1. The Hall–Kier alpha value is -0.760. The largest absolute Gasteiger partial charge is 0.481 e. The highest BCUT2D eigenvalue weighted by molar-refractivity contribution is 6.30. The molecule has 0 aliphatic carbocycles. The third kappa shape index (κ3) is 7.13. The summed E-state index contributed by atoms with van der Waals surface area (Å²) in [5, 5.41) is 8.65. The first-order valence-electron chi connectivity index (χ1n) is 3.23. The highest BCUT2D eigenvalue weighted by Crippen LogP contribution is 2.07. The van der Waals surface area contributed by atoms with E-state index >= 15 is 0 Å². The molecule has 0 aliphatic heterocycles. The lowest BCUT2D eigenvalue weighted by Gasteiger charge is -1.90. The topological polar surface area (TPSA) is 37.3 Å². The summed E-state index contributed by atoms with van der Waals surface area (Å²) >= 11 is 5.56. The molecule has 0 heterocycles. The maximum atomic E-state index is 10.1. The molecule has 0 aromatic rings. The van der Waals surface area contributed by atoms with Gasteiger partial charge in [0.25, 0.3) is 0 Å². The predicted octanol–water partition coefficient (Wildman–Crippen LogP) is 2.55. The zero-order chi connectivity index (χ0) is 8.85. The Morgan fingerprint density at radius 2 is 2.00 bits per heavy atom. The van der Waals surface area contributed by atoms with Gasteiger partial charge in [0.15, 0.2) is 0 Å². The quantitative estimate of drug-likeness (QED) is 0.668. The molecule has 0 rings (SSSR count). The van der Waals surface area contributed by atoms with Gasteiger partial charge >= 0.3 is 5.97 Å². The van der Waals surface area contributed by atoms with E-state index in [1.54, 1.807) is 12.2 Å². The van der Waals surface area contributed by atoms with Crippen molar-refractivity contribution in [1.29, 1.82) is 0 Å². The van der Waals surface area contributed by atoms with Crippen LogP contribution in [0.3, 0.4) is 0 Å². The first kappa shape index (κ1) is 10.2. The Morgan fingerprint density at radius 3 is 2.36 bits per heavy atom. The molecule has 0 aromatic carbocycles. The van der Waals surface area contributed by atoms with Crippen LogP contribution in [0.2, 0.25) is 0 Å². The lowest BCUT2D eigenvalue weighted by atomic mass is 10.3. The van der Waals surface area contributed by atoms with Crippen LogP contribution in [0, 0.1) is 0 Å². The van der Waals surface area contributed by atoms with E-state index in [4.69, 9.17) is 16.7 Å². The van der Waals surface area contributed by atoms with Gasteiger partial charge in [0.05, 0.1) is 6.42 Å². The lowest BCUT2D eigenvalue weighted by molar-refractivity contribution is -0.136. The maximum absolute atomic E-state index is 10.1. The molecule has 0 aliphatic rings. The van der Waals surface area contributed by atoms with E-state index in [1.165, 1.54) is 0 Å². The molecule has 11 heavy (non-hydrogen) atoms. The van der Waals surface area contributed by atoms with Gasteiger partial charge < -0.3 is 5.11 Å². The highest BCUT2D eigenvalue weighted by Gasteiger charge is 1.97. The molecule has 0 bridgehead atoms. The summed E-state index contributed by atoms with van der Waals surface area (Å²) in [5.41, 5.74) is 1.09. The molecule has 1 N–H and O–H groups in total. The van der Waals surface area contributed by atoms with Gasteiger partial charge in [-0.1, -0.05) is 23.3 Å². The number of rotatable bonds is 3. The zero-order valence-corrected chi connectivity index (χ0v) is 7.35. The van der Waals surface area contributed by atoms with E-state index in [1.807, 2.05) is 13.8 Å². The normalized spacial score (nSPS) is 11.0. The summed E-state index contributed by atoms with van der Waals surface area (Å²) < 4.78 is 0. The highest BCUT2D eigenvalue weighted by atomic mass is 35.5. The van der Waals surface area contributed by atoms with Crippen LogP contribution < -0.4 is 0 Å². The maximum Gasteiger partial charge on any atom is 0.308 e. The smallest absolute Gasteiger partial charge is 0.308 e. The summed E-state index contributed by atoms with van der Waals surface area (Å²) in [5.74, 6) is -0.909. The molecule has 0 unspecified atom stereocenters. The van der Waals surface area contributed by atoms with Crippen LogP contribution in [0.4, 0.5) is 0 Å². The third-order valence-electron chi connectivity index (χ3n) is 0.918. The molecule has 0 atom stereocenters. The van der Waals surface area contributed by atoms with E-state index in [0.717, 1.165) is 5.57 Å². The summed E-state index contributed by atoms with van der Waals surface area (Å²) in [6.07, 6.45) is 3.28. The van der Waals surface area contributed by atoms with E-state index in [9.17, 15) is 4.79 Å². The number of hydrogen-bond acceptors (Lipinski definition) is 1. The van der Waals surface area contributed by atoms with Gasteiger partial charge in [-0.25, -0.2) is 0 Å². The molecule has 0 fully saturated rings. The summed E-state index contributed by atoms with van der Waals surface area (Å²) in [6, 6.07) is 0. The number of aliphatic carboxylic acids is 1. The number of carboxylic acid groups (broad SMARTS) is 1. The molecule has 62 valence electrons. The van der Waals surface area contributed by atoms with Crippen molar-refractivity contribution >= 4 is 17.6 Å². The minimum Gasteiger partial charge on any atom is -0.481 e. The first-order valence-corrected chi connectivity index (χ1v) is 3.61. The van der Waals surface area contributed by atoms with E-state index in [-0.39, 0.29) is 6.42 Å². The Bertz CT molecular complexity index is 200. The minimum atomic E-state index is -0.909. The van der Waals surface area contributed by atoms with E-state index < -0.39 is 5.97 Å². The Labute approximate surface area is 71.2 Å². The van der Waals surface area contributed by atoms with Crippen molar-refractivity contribution < 1.29 is 9.90 Å². The number of carboxylic acids is 1. The van der Waals surface area contributed by atoms with Crippen molar-refractivity contribution in [2.45, 2.75) is 20.3 Å². The predicted molar refractivity (Wildman–Crippen MR) is 45.6 cm³/mol. The second kappa shape index (κ2) is 4.97. The average molecular weight is 175 g/mol. The molecule has 0 spiro atoms. The monoisotopic (exact) mass is 174 g/mol. The van der Waals surface area contributed by atoms with Gasteiger partial charge in [-0.3, -0.25) is 4.79 Å². The molecule has 0 amide bonds. The Balaban J connectivity index is 4.02. The second-order valence-electron chi connectivity index (χ2n) is 2.43. The van der Waals surface area contributed by atoms with Crippen LogP contribution in [-0.2, 0) is 4.79 Å². The molecule has 0 aromatic heterocycles. The third-order valence-corrected chi connectivity index (χ3v) is 1.18. The van der Waals surface area contributed by atoms with E-state index in [0.29, 0.717) is 5.03 Å². The van der Waals surface area contributed by atoms with Crippen molar-refractivity contribution in [3.8, 4) is 0 Å². The van der Waals surface area contributed by atoms with Gasteiger partial charge in [-0.15, -0.1) is 0 Å². The lowest BCUT2D eigenvalue weighted by Crippen LogP contribution is -1.92. The van der Waals surface area contributed by atoms with Crippen LogP contribution in [0.5, 0.6) is 0 Å². The SMILES string of the molecule is CC(C)=CC=C(Cl)CC(=O)O. The standard InChI is InChI=1S/C8H11ClO2/c1-6(2)3-4-7(9)5-8(10)11/h3-4H,5H2,1-2H3,(H,10,11). The Kier molecular flexibility index (Phi) is 4.62. The molecule has 0 saturated heterocycles. The number of hydrogen-bond donors (Lipinski definition) is 1. The fourth-order valence-corrected chi connectivity index (χ4v) is 0.638.